The van der Waals surface area contributed by atoms with Crippen molar-refractivity contribution < 1.29 is 28.3 Å². The first-order valence-corrected chi connectivity index (χ1v) is 10.7. The Labute approximate surface area is 202 Å². The van der Waals surface area contributed by atoms with Gasteiger partial charge in [0.2, 0.25) is 0 Å². The third-order valence-corrected chi connectivity index (χ3v) is 5.01. The minimum absolute atomic E-state index is 0.0875. The van der Waals surface area contributed by atoms with E-state index in [2.05, 4.69) is 21.2 Å². The summed E-state index contributed by atoms with van der Waals surface area (Å²) in [7, 11) is 1.46. The number of methoxy groups -OCH3 is 1. The predicted molar refractivity (Wildman–Crippen MR) is 129 cm³/mol. The number of rotatable bonds is 9. The SMILES string of the molecule is COc1cc(/C=N\NC(=O)C(=O)NCc2ccco2)ccc1OCC(=O)Nc1cccc(C)c1C. The molecule has 10 heteroatoms. The van der Waals surface area contributed by atoms with Gasteiger partial charge in [-0.05, 0) is 66.9 Å². The number of carbonyl (C=O) groups excluding carboxylic acids is 3. The number of anilines is 1. The molecule has 0 aliphatic carbocycles. The number of aryl methyl sites for hydroxylation is 1. The van der Waals surface area contributed by atoms with Crippen molar-refractivity contribution >= 4 is 29.6 Å². The van der Waals surface area contributed by atoms with Crippen molar-refractivity contribution in [2.24, 2.45) is 5.10 Å². The van der Waals surface area contributed by atoms with Gasteiger partial charge in [-0.1, -0.05) is 12.1 Å². The fourth-order valence-corrected chi connectivity index (χ4v) is 2.98. The molecule has 0 aliphatic heterocycles. The van der Waals surface area contributed by atoms with Crippen molar-refractivity contribution in [3.8, 4) is 11.5 Å². The van der Waals surface area contributed by atoms with Crippen LogP contribution < -0.4 is 25.5 Å². The number of furan rings is 1. The number of ether oxygens (including phenoxy) is 2. The molecular weight excluding hydrogens is 452 g/mol. The number of hydrogen-bond acceptors (Lipinski definition) is 7. The first kappa shape index (κ1) is 25.0. The molecule has 35 heavy (non-hydrogen) atoms. The Morgan fingerprint density at radius 3 is 2.60 bits per heavy atom. The van der Waals surface area contributed by atoms with Gasteiger partial charge >= 0.3 is 11.8 Å². The molecule has 0 radical (unpaired) electrons. The van der Waals surface area contributed by atoms with Gasteiger partial charge in [-0.15, -0.1) is 0 Å². The lowest BCUT2D eigenvalue weighted by molar-refractivity contribution is -0.139. The van der Waals surface area contributed by atoms with E-state index < -0.39 is 11.8 Å². The lowest BCUT2D eigenvalue weighted by atomic mass is 10.1. The molecule has 182 valence electrons. The number of amides is 3. The lowest BCUT2D eigenvalue weighted by Crippen LogP contribution is -2.37. The van der Waals surface area contributed by atoms with Crippen LogP contribution in [0.5, 0.6) is 11.5 Å². The maximum atomic E-state index is 12.3. The minimum atomic E-state index is -0.922. The van der Waals surface area contributed by atoms with Gasteiger partial charge in [-0.2, -0.15) is 5.10 Å². The van der Waals surface area contributed by atoms with E-state index in [4.69, 9.17) is 13.9 Å². The summed E-state index contributed by atoms with van der Waals surface area (Å²) >= 11 is 0. The molecule has 0 aliphatic rings. The number of nitrogens with zero attached hydrogens (tertiary/aromatic N) is 1. The second-order valence-corrected chi connectivity index (χ2v) is 7.46. The lowest BCUT2D eigenvalue weighted by Gasteiger charge is -2.13. The van der Waals surface area contributed by atoms with E-state index in [0.29, 0.717) is 22.8 Å². The third kappa shape index (κ3) is 7.19. The topological polar surface area (TPSA) is 131 Å². The van der Waals surface area contributed by atoms with E-state index in [0.717, 1.165) is 16.8 Å². The van der Waals surface area contributed by atoms with Crippen LogP contribution in [0.2, 0.25) is 0 Å². The molecule has 3 aromatic rings. The van der Waals surface area contributed by atoms with E-state index >= 15 is 0 Å². The van der Waals surface area contributed by atoms with E-state index in [1.807, 2.05) is 32.0 Å². The van der Waals surface area contributed by atoms with Crippen molar-refractivity contribution in [1.29, 1.82) is 0 Å². The summed E-state index contributed by atoms with van der Waals surface area (Å²) < 4.78 is 16.0. The zero-order valence-corrected chi connectivity index (χ0v) is 19.6. The summed E-state index contributed by atoms with van der Waals surface area (Å²) in [4.78, 5) is 35.9. The summed E-state index contributed by atoms with van der Waals surface area (Å²) in [6, 6.07) is 13.9. The highest BCUT2D eigenvalue weighted by atomic mass is 16.5. The molecular formula is C25H26N4O6. The van der Waals surface area contributed by atoms with Crippen molar-refractivity contribution in [3.05, 3.63) is 77.2 Å². The quantitative estimate of drug-likeness (QED) is 0.246. The van der Waals surface area contributed by atoms with Crippen LogP contribution in [0.3, 0.4) is 0 Å². The van der Waals surface area contributed by atoms with Crippen LogP contribution >= 0.6 is 0 Å². The zero-order chi connectivity index (χ0) is 25.2. The second-order valence-electron chi connectivity index (χ2n) is 7.46. The molecule has 0 fully saturated rings. The van der Waals surface area contributed by atoms with E-state index in [1.165, 1.54) is 19.6 Å². The van der Waals surface area contributed by atoms with Gasteiger partial charge in [0.1, 0.15) is 5.76 Å². The largest absolute Gasteiger partial charge is 0.493 e. The van der Waals surface area contributed by atoms with Gasteiger partial charge in [0.25, 0.3) is 5.91 Å². The molecule has 3 N–H and O–H groups in total. The van der Waals surface area contributed by atoms with E-state index in [9.17, 15) is 14.4 Å². The van der Waals surface area contributed by atoms with Crippen molar-refractivity contribution in [2.75, 3.05) is 19.0 Å². The van der Waals surface area contributed by atoms with Gasteiger partial charge in [0, 0.05) is 5.69 Å². The summed E-state index contributed by atoms with van der Waals surface area (Å²) in [5.41, 5.74) is 5.52. The maximum absolute atomic E-state index is 12.3. The number of benzene rings is 2. The Kier molecular flexibility index (Phi) is 8.60. The molecule has 0 spiro atoms. The molecule has 0 saturated carbocycles. The number of nitrogens with one attached hydrogen (secondary N) is 3. The molecule has 0 unspecified atom stereocenters. The summed E-state index contributed by atoms with van der Waals surface area (Å²) in [6.07, 6.45) is 2.81. The Morgan fingerprint density at radius 2 is 1.86 bits per heavy atom. The predicted octanol–water partition coefficient (Wildman–Crippen LogP) is 2.69. The molecule has 2 aromatic carbocycles. The fraction of sp³-hybridized carbons (Fsp3) is 0.200. The Hall–Kier alpha value is -4.60. The molecule has 10 nitrogen and oxygen atoms in total. The smallest absolute Gasteiger partial charge is 0.329 e. The van der Waals surface area contributed by atoms with Crippen LogP contribution in [-0.2, 0) is 20.9 Å². The number of hydrazone groups is 1. The van der Waals surface area contributed by atoms with E-state index in [-0.39, 0.29) is 19.1 Å². The van der Waals surface area contributed by atoms with Crippen LogP contribution in [-0.4, -0.2) is 37.7 Å². The molecule has 3 amide bonds. The summed E-state index contributed by atoms with van der Waals surface area (Å²) in [6.45, 7) is 3.79. The third-order valence-electron chi connectivity index (χ3n) is 5.01. The van der Waals surface area contributed by atoms with Crippen molar-refractivity contribution in [3.63, 3.8) is 0 Å². The summed E-state index contributed by atoms with van der Waals surface area (Å²) in [5, 5.41) is 9.03. The molecule has 0 atom stereocenters. The van der Waals surface area contributed by atoms with Gasteiger partial charge in [-0.3, -0.25) is 14.4 Å². The maximum Gasteiger partial charge on any atom is 0.329 e. The number of hydrogen-bond donors (Lipinski definition) is 3. The minimum Gasteiger partial charge on any atom is -0.493 e. The van der Waals surface area contributed by atoms with E-state index in [1.54, 1.807) is 30.3 Å². The average molecular weight is 479 g/mol. The highest BCUT2D eigenvalue weighted by Gasteiger charge is 2.13. The number of carbonyl (C=O) groups is 3. The Bertz CT molecular complexity index is 1220. The molecule has 3 rings (SSSR count). The highest BCUT2D eigenvalue weighted by molar-refractivity contribution is 6.35. The Balaban J connectivity index is 1.51. The van der Waals surface area contributed by atoms with Crippen LogP contribution in [0.1, 0.15) is 22.5 Å². The van der Waals surface area contributed by atoms with Crippen LogP contribution in [0.4, 0.5) is 5.69 Å². The average Bonchev–Trinajstić information content (AvgIpc) is 3.38. The first-order valence-electron chi connectivity index (χ1n) is 10.7. The summed E-state index contributed by atoms with van der Waals surface area (Å²) in [5.74, 6) is -0.821. The van der Waals surface area contributed by atoms with Crippen LogP contribution in [0.15, 0.2) is 64.3 Å². The first-order chi connectivity index (χ1) is 16.9. The zero-order valence-electron chi connectivity index (χ0n) is 19.6. The highest BCUT2D eigenvalue weighted by Crippen LogP contribution is 2.27. The molecule has 0 saturated heterocycles. The Morgan fingerprint density at radius 1 is 1.03 bits per heavy atom. The van der Waals surface area contributed by atoms with Crippen molar-refractivity contribution in [2.45, 2.75) is 20.4 Å². The second kappa shape index (κ2) is 12.0. The van der Waals surface area contributed by atoms with Crippen LogP contribution in [0, 0.1) is 13.8 Å². The van der Waals surface area contributed by atoms with Gasteiger partial charge < -0.3 is 24.5 Å². The molecule has 1 aromatic heterocycles. The molecule has 0 bridgehead atoms. The van der Waals surface area contributed by atoms with Crippen LogP contribution in [0.25, 0.3) is 0 Å². The normalized spacial score (nSPS) is 10.6. The fourth-order valence-electron chi connectivity index (χ4n) is 2.98. The van der Waals surface area contributed by atoms with Gasteiger partial charge in [0.05, 0.1) is 26.1 Å². The van der Waals surface area contributed by atoms with Gasteiger partial charge in [-0.25, -0.2) is 5.43 Å². The monoisotopic (exact) mass is 478 g/mol. The molecule has 1 heterocycles. The van der Waals surface area contributed by atoms with Gasteiger partial charge in [0.15, 0.2) is 18.1 Å². The standard InChI is InChI=1S/C25H26N4O6/c1-16-6-4-8-20(17(16)2)28-23(30)15-35-21-10-9-18(12-22(21)33-3)13-27-29-25(32)24(31)26-14-19-7-5-11-34-19/h4-13H,14-15H2,1-3H3,(H,26,31)(H,28,30)(H,29,32)/b27-13-. The van der Waals surface area contributed by atoms with Crippen molar-refractivity contribution in [1.82, 2.24) is 10.7 Å².